The maximum absolute atomic E-state index is 12.5. The molecule has 2 aromatic rings. The predicted molar refractivity (Wildman–Crippen MR) is 80.7 cm³/mol. The van der Waals surface area contributed by atoms with Crippen molar-refractivity contribution in [1.82, 2.24) is 4.98 Å². The number of nitrogens with zero attached hydrogens (tertiary/aromatic N) is 2. The van der Waals surface area contributed by atoms with Crippen LogP contribution in [-0.2, 0) is 6.42 Å². The van der Waals surface area contributed by atoms with Gasteiger partial charge in [-0.15, -0.1) is 0 Å². The Kier molecular flexibility index (Phi) is 3.47. The number of hydrogen-bond acceptors (Lipinski definition) is 3. The number of aromatic carboxylic acids is 1. The van der Waals surface area contributed by atoms with Gasteiger partial charge in [0.25, 0.3) is 5.91 Å². The molecule has 0 aliphatic carbocycles. The summed E-state index contributed by atoms with van der Waals surface area (Å²) in [5, 5.41) is 9.07. The van der Waals surface area contributed by atoms with Gasteiger partial charge in [-0.1, -0.05) is 6.07 Å². The van der Waals surface area contributed by atoms with Crippen molar-refractivity contribution in [2.24, 2.45) is 0 Å². The molecule has 0 spiro atoms. The minimum absolute atomic E-state index is 0.170. The molecule has 1 aromatic carbocycles. The van der Waals surface area contributed by atoms with E-state index in [4.69, 9.17) is 5.11 Å². The van der Waals surface area contributed by atoms with Gasteiger partial charge in [0, 0.05) is 18.4 Å². The predicted octanol–water partition coefficient (Wildman–Crippen LogP) is 2.75. The maximum Gasteiger partial charge on any atom is 0.335 e. The van der Waals surface area contributed by atoms with E-state index in [9.17, 15) is 9.59 Å². The molecule has 6 heteroatoms. The largest absolute Gasteiger partial charge is 0.478 e. The Morgan fingerprint density at radius 1 is 1.19 bits per heavy atom. The maximum atomic E-state index is 12.5. The number of hydrogen-bond donors (Lipinski definition) is 1. The number of amides is 1. The average molecular weight is 347 g/mol. The number of carbonyl (C=O) groups is 2. The Morgan fingerprint density at radius 3 is 2.62 bits per heavy atom. The van der Waals surface area contributed by atoms with E-state index in [2.05, 4.69) is 20.9 Å². The molecule has 0 fully saturated rings. The third kappa shape index (κ3) is 2.54. The van der Waals surface area contributed by atoms with Gasteiger partial charge in [-0.3, -0.25) is 4.79 Å². The Balaban J connectivity index is 1.96. The minimum Gasteiger partial charge on any atom is -0.478 e. The summed E-state index contributed by atoms with van der Waals surface area (Å²) >= 11 is 3.23. The first kappa shape index (κ1) is 13.8. The van der Waals surface area contributed by atoms with Gasteiger partial charge in [-0.25, -0.2) is 9.78 Å². The van der Waals surface area contributed by atoms with Crippen LogP contribution >= 0.6 is 15.9 Å². The van der Waals surface area contributed by atoms with Crippen LogP contribution in [0, 0.1) is 0 Å². The number of anilines is 1. The number of halogens is 1. The Bertz CT molecular complexity index is 728. The molecule has 0 bridgehead atoms. The van der Waals surface area contributed by atoms with Crippen LogP contribution in [0.3, 0.4) is 0 Å². The highest BCUT2D eigenvalue weighted by Gasteiger charge is 2.26. The quantitative estimate of drug-likeness (QED) is 0.848. The number of fused-ring (bicyclic) bond motifs is 1. The van der Waals surface area contributed by atoms with Crippen molar-refractivity contribution in [2.45, 2.75) is 6.42 Å². The molecular formula is C15H11BrN2O3. The highest BCUT2D eigenvalue weighted by molar-refractivity contribution is 9.10. The van der Waals surface area contributed by atoms with Crippen LogP contribution in [0.4, 0.5) is 5.69 Å². The van der Waals surface area contributed by atoms with Crippen molar-refractivity contribution in [3.63, 3.8) is 0 Å². The molecule has 106 valence electrons. The van der Waals surface area contributed by atoms with Crippen LogP contribution in [0.15, 0.2) is 41.1 Å². The lowest BCUT2D eigenvalue weighted by molar-refractivity contribution is 0.0696. The van der Waals surface area contributed by atoms with E-state index in [0.29, 0.717) is 22.4 Å². The molecule has 21 heavy (non-hydrogen) atoms. The molecule has 1 N–H and O–H groups in total. The van der Waals surface area contributed by atoms with Gasteiger partial charge in [0.15, 0.2) is 0 Å². The van der Waals surface area contributed by atoms with E-state index in [-0.39, 0.29) is 11.5 Å². The van der Waals surface area contributed by atoms with Crippen molar-refractivity contribution in [2.75, 3.05) is 11.4 Å². The molecule has 0 atom stereocenters. The van der Waals surface area contributed by atoms with Crippen LogP contribution in [0.2, 0.25) is 0 Å². The van der Waals surface area contributed by atoms with E-state index in [1.54, 1.807) is 35.2 Å². The topological polar surface area (TPSA) is 70.5 Å². The van der Waals surface area contributed by atoms with E-state index < -0.39 is 5.97 Å². The first-order valence-corrected chi connectivity index (χ1v) is 7.15. The fraction of sp³-hybridized carbons (Fsp3) is 0.133. The fourth-order valence-corrected chi connectivity index (χ4v) is 2.62. The summed E-state index contributed by atoms with van der Waals surface area (Å²) in [6.07, 6.45) is 2.23. The van der Waals surface area contributed by atoms with Crippen LogP contribution in [0.1, 0.15) is 26.3 Å². The summed E-state index contributed by atoms with van der Waals surface area (Å²) in [6.45, 7) is 0.549. The van der Waals surface area contributed by atoms with Crippen LogP contribution in [0.25, 0.3) is 0 Å². The molecule has 3 rings (SSSR count). The number of aromatic nitrogens is 1. The third-order valence-electron chi connectivity index (χ3n) is 3.45. The van der Waals surface area contributed by atoms with E-state index >= 15 is 0 Å². The van der Waals surface area contributed by atoms with Gasteiger partial charge in [-0.05, 0) is 52.2 Å². The Hall–Kier alpha value is -2.21. The number of carbonyl (C=O) groups excluding carboxylic acids is 1. The van der Waals surface area contributed by atoms with Crippen LogP contribution in [0.5, 0.6) is 0 Å². The number of pyridine rings is 1. The molecule has 1 aliphatic rings. The smallest absolute Gasteiger partial charge is 0.335 e. The molecular weight excluding hydrogens is 336 g/mol. The summed E-state index contributed by atoms with van der Waals surface area (Å²) in [6, 6.07) is 8.29. The lowest BCUT2D eigenvalue weighted by Gasteiger charge is -2.17. The summed E-state index contributed by atoms with van der Waals surface area (Å²) in [5.41, 5.74) is 2.32. The lowest BCUT2D eigenvalue weighted by atomic mass is 10.1. The molecule has 5 nitrogen and oxygen atoms in total. The van der Waals surface area contributed by atoms with Gasteiger partial charge < -0.3 is 10.0 Å². The minimum atomic E-state index is -0.998. The standard InChI is InChI=1S/C15H11BrN2O3/c16-13-4-3-11(8-17-13)14(19)18-6-5-9-1-2-10(15(20)21)7-12(9)18/h1-4,7-8H,5-6H2,(H,20,21). The third-order valence-corrected chi connectivity index (χ3v) is 3.92. The molecule has 1 aromatic heterocycles. The van der Waals surface area contributed by atoms with Crippen LogP contribution in [-0.4, -0.2) is 28.5 Å². The number of benzene rings is 1. The van der Waals surface area contributed by atoms with E-state index in [1.165, 1.54) is 6.20 Å². The average Bonchev–Trinajstić information content (AvgIpc) is 2.90. The molecule has 0 radical (unpaired) electrons. The number of carboxylic acid groups (broad SMARTS) is 1. The summed E-state index contributed by atoms with van der Waals surface area (Å²) in [5.74, 6) is -1.17. The fourth-order valence-electron chi connectivity index (χ4n) is 2.38. The molecule has 2 heterocycles. The summed E-state index contributed by atoms with van der Waals surface area (Å²) in [7, 11) is 0. The highest BCUT2D eigenvalue weighted by atomic mass is 79.9. The van der Waals surface area contributed by atoms with Crippen molar-refractivity contribution < 1.29 is 14.7 Å². The van der Waals surface area contributed by atoms with Gasteiger partial charge in [-0.2, -0.15) is 0 Å². The van der Waals surface area contributed by atoms with Gasteiger partial charge in [0.2, 0.25) is 0 Å². The van der Waals surface area contributed by atoms with Crippen LogP contribution < -0.4 is 4.90 Å². The van der Waals surface area contributed by atoms with Gasteiger partial charge in [0.05, 0.1) is 11.1 Å². The van der Waals surface area contributed by atoms with Crippen molar-refractivity contribution in [3.05, 3.63) is 57.8 Å². The SMILES string of the molecule is O=C(O)c1ccc2c(c1)N(C(=O)c1ccc(Br)nc1)CC2. The first-order valence-electron chi connectivity index (χ1n) is 6.36. The van der Waals surface area contributed by atoms with Crippen molar-refractivity contribution in [1.29, 1.82) is 0 Å². The van der Waals surface area contributed by atoms with Gasteiger partial charge in [0.1, 0.15) is 4.60 Å². The zero-order chi connectivity index (χ0) is 15.0. The normalized spacial score (nSPS) is 13.1. The molecule has 0 saturated heterocycles. The van der Waals surface area contributed by atoms with Gasteiger partial charge >= 0.3 is 5.97 Å². The molecule has 0 saturated carbocycles. The molecule has 0 unspecified atom stereocenters. The summed E-state index contributed by atoms with van der Waals surface area (Å²) < 4.78 is 0.661. The van der Waals surface area contributed by atoms with E-state index in [1.807, 2.05) is 0 Å². The second-order valence-electron chi connectivity index (χ2n) is 4.73. The molecule has 1 aliphatic heterocycles. The summed E-state index contributed by atoms with van der Waals surface area (Å²) in [4.78, 5) is 29.2. The zero-order valence-corrected chi connectivity index (χ0v) is 12.5. The monoisotopic (exact) mass is 346 g/mol. The zero-order valence-electron chi connectivity index (χ0n) is 10.9. The molecule has 1 amide bonds. The highest BCUT2D eigenvalue weighted by Crippen LogP contribution is 2.30. The Morgan fingerprint density at radius 2 is 1.95 bits per heavy atom. The number of rotatable bonds is 2. The second kappa shape index (κ2) is 5.29. The second-order valence-corrected chi connectivity index (χ2v) is 5.54. The van der Waals surface area contributed by atoms with Crippen molar-refractivity contribution in [3.8, 4) is 0 Å². The van der Waals surface area contributed by atoms with E-state index in [0.717, 1.165) is 12.0 Å². The number of carboxylic acids is 1. The lowest BCUT2D eigenvalue weighted by Crippen LogP contribution is -2.29. The van der Waals surface area contributed by atoms with Crippen molar-refractivity contribution >= 4 is 33.5 Å². The Labute approximate surface area is 129 Å². The first-order chi connectivity index (χ1) is 10.1.